The molecule has 1 amide bonds. The van der Waals surface area contributed by atoms with E-state index in [0.717, 1.165) is 54.1 Å². The van der Waals surface area contributed by atoms with Crippen LogP contribution in [0, 0.1) is 0 Å². The summed E-state index contributed by atoms with van der Waals surface area (Å²) in [6, 6.07) is 17.5. The van der Waals surface area contributed by atoms with Crippen LogP contribution in [0.1, 0.15) is 34.9 Å². The van der Waals surface area contributed by atoms with Gasteiger partial charge in [0, 0.05) is 48.7 Å². The summed E-state index contributed by atoms with van der Waals surface area (Å²) < 4.78 is 1.85. The second kappa shape index (κ2) is 7.47. The molecule has 29 heavy (non-hydrogen) atoms. The molecular formula is C23H21N5O. The molecule has 5 rings (SSSR count). The molecule has 0 atom stereocenters. The van der Waals surface area contributed by atoms with Crippen LogP contribution >= 0.6 is 0 Å². The Hall–Kier alpha value is -3.54. The van der Waals surface area contributed by atoms with Crippen LogP contribution in [0.5, 0.6) is 0 Å². The summed E-state index contributed by atoms with van der Waals surface area (Å²) >= 11 is 0. The van der Waals surface area contributed by atoms with Gasteiger partial charge >= 0.3 is 0 Å². The van der Waals surface area contributed by atoms with Gasteiger partial charge in [0.15, 0.2) is 11.5 Å². The lowest BCUT2D eigenvalue weighted by Gasteiger charge is -2.30. The molecule has 0 spiro atoms. The fourth-order valence-corrected chi connectivity index (χ4v) is 3.89. The number of fused-ring (bicyclic) bond motifs is 1. The van der Waals surface area contributed by atoms with Crippen LogP contribution in [-0.2, 0) is 0 Å². The highest BCUT2D eigenvalue weighted by Gasteiger charge is 2.27. The van der Waals surface area contributed by atoms with Gasteiger partial charge in [-0.05, 0) is 54.8 Å². The molecule has 1 fully saturated rings. The van der Waals surface area contributed by atoms with Crippen molar-refractivity contribution >= 4 is 11.6 Å². The van der Waals surface area contributed by atoms with Gasteiger partial charge in [0.2, 0.25) is 0 Å². The van der Waals surface area contributed by atoms with Gasteiger partial charge in [0.1, 0.15) is 0 Å². The van der Waals surface area contributed by atoms with Crippen molar-refractivity contribution in [2.24, 2.45) is 0 Å². The minimum atomic E-state index is 0.106. The Balaban J connectivity index is 1.31. The minimum absolute atomic E-state index is 0.106. The van der Waals surface area contributed by atoms with E-state index in [1.54, 1.807) is 12.4 Å². The van der Waals surface area contributed by atoms with Gasteiger partial charge < -0.3 is 4.90 Å². The number of benzene rings is 1. The molecule has 6 nitrogen and oxygen atoms in total. The van der Waals surface area contributed by atoms with E-state index in [-0.39, 0.29) is 11.8 Å². The topological polar surface area (TPSA) is 63.4 Å². The molecule has 1 aromatic carbocycles. The highest BCUT2D eigenvalue weighted by atomic mass is 16.2. The Morgan fingerprint density at radius 3 is 2.41 bits per heavy atom. The molecule has 1 aliphatic heterocycles. The zero-order valence-electron chi connectivity index (χ0n) is 16.0. The van der Waals surface area contributed by atoms with E-state index in [4.69, 9.17) is 10.1 Å². The smallest absolute Gasteiger partial charge is 0.253 e. The average Bonchev–Trinajstić information content (AvgIpc) is 3.23. The Kier molecular flexibility index (Phi) is 4.52. The first-order valence-electron chi connectivity index (χ1n) is 9.89. The second-order valence-electron chi connectivity index (χ2n) is 7.36. The zero-order chi connectivity index (χ0) is 19.6. The van der Waals surface area contributed by atoms with Crippen LogP contribution in [-0.4, -0.2) is 43.5 Å². The Labute approximate surface area is 168 Å². The summed E-state index contributed by atoms with van der Waals surface area (Å²) in [7, 11) is 0. The lowest BCUT2D eigenvalue weighted by Crippen LogP contribution is -2.38. The highest BCUT2D eigenvalue weighted by Crippen LogP contribution is 2.27. The van der Waals surface area contributed by atoms with E-state index < -0.39 is 0 Å². The average molecular weight is 383 g/mol. The number of carbonyl (C=O) groups is 1. The fraction of sp³-hybridized carbons (Fsp3) is 0.217. The molecule has 0 bridgehead atoms. The summed E-state index contributed by atoms with van der Waals surface area (Å²) in [4.78, 5) is 23.4. The molecule has 144 valence electrons. The number of carbonyl (C=O) groups excluding carboxylic acids is 1. The number of amides is 1. The highest BCUT2D eigenvalue weighted by molar-refractivity contribution is 5.94. The maximum absolute atomic E-state index is 12.6. The molecule has 3 aromatic heterocycles. The van der Waals surface area contributed by atoms with Gasteiger partial charge in [-0.15, -0.1) is 0 Å². The first kappa shape index (κ1) is 17.6. The third kappa shape index (κ3) is 3.49. The standard InChI is InChI=1S/C23H21N5O/c29-23(19-4-2-1-3-5-19)27-14-10-18(11-15-27)22-25-21-7-6-20(16-28(21)26-22)17-8-12-24-13-9-17/h1-9,12-13,16,18H,10-11,14-15H2. The van der Waals surface area contributed by atoms with Crippen molar-refractivity contribution in [2.45, 2.75) is 18.8 Å². The largest absolute Gasteiger partial charge is 0.339 e. The number of hydrogen-bond acceptors (Lipinski definition) is 4. The number of pyridine rings is 2. The maximum atomic E-state index is 12.6. The van der Waals surface area contributed by atoms with E-state index >= 15 is 0 Å². The number of rotatable bonds is 3. The van der Waals surface area contributed by atoms with E-state index in [0.29, 0.717) is 0 Å². The van der Waals surface area contributed by atoms with E-state index in [1.807, 2.05) is 64.1 Å². The minimum Gasteiger partial charge on any atom is -0.339 e. The van der Waals surface area contributed by atoms with Crippen molar-refractivity contribution in [2.75, 3.05) is 13.1 Å². The van der Waals surface area contributed by atoms with Crippen LogP contribution in [0.3, 0.4) is 0 Å². The first-order valence-corrected chi connectivity index (χ1v) is 9.89. The van der Waals surface area contributed by atoms with Gasteiger partial charge in [-0.3, -0.25) is 9.78 Å². The molecule has 6 heteroatoms. The van der Waals surface area contributed by atoms with Gasteiger partial charge in [-0.25, -0.2) is 9.50 Å². The summed E-state index contributed by atoms with van der Waals surface area (Å²) in [5, 5.41) is 4.74. The number of piperidine rings is 1. The second-order valence-corrected chi connectivity index (χ2v) is 7.36. The number of hydrogen-bond donors (Lipinski definition) is 0. The predicted octanol–water partition coefficient (Wildman–Crippen LogP) is 3.81. The van der Waals surface area contributed by atoms with Crippen molar-refractivity contribution in [3.05, 3.63) is 84.6 Å². The molecule has 4 heterocycles. The molecule has 0 saturated carbocycles. The molecule has 1 saturated heterocycles. The van der Waals surface area contributed by atoms with Crippen LogP contribution in [0.15, 0.2) is 73.2 Å². The van der Waals surface area contributed by atoms with Gasteiger partial charge in [-0.2, -0.15) is 5.10 Å². The van der Waals surface area contributed by atoms with Crippen LogP contribution < -0.4 is 0 Å². The summed E-state index contributed by atoms with van der Waals surface area (Å²) in [6.07, 6.45) is 7.35. The predicted molar refractivity (Wildman–Crippen MR) is 111 cm³/mol. The fourth-order valence-electron chi connectivity index (χ4n) is 3.89. The van der Waals surface area contributed by atoms with E-state index in [1.165, 1.54) is 0 Å². The van der Waals surface area contributed by atoms with Crippen molar-refractivity contribution in [3.63, 3.8) is 0 Å². The maximum Gasteiger partial charge on any atom is 0.253 e. The molecule has 4 aromatic rings. The summed E-state index contributed by atoms with van der Waals surface area (Å²) in [5.41, 5.74) is 3.78. The number of aromatic nitrogens is 4. The van der Waals surface area contributed by atoms with Crippen LogP contribution in [0.2, 0.25) is 0 Å². The van der Waals surface area contributed by atoms with E-state index in [2.05, 4.69) is 11.1 Å². The first-order chi connectivity index (χ1) is 14.3. The summed E-state index contributed by atoms with van der Waals surface area (Å²) in [6.45, 7) is 1.46. The van der Waals surface area contributed by atoms with Crippen molar-refractivity contribution < 1.29 is 4.79 Å². The monoisotopic (exact) mass is 383 g/mol. The molecule has 0 radical (unpaired) electrons. The number of likely N-dealkylation sites (tertiary alicyclic amines) is 1. The van der Waals surface area contributed by atoms with Crippen LogP contribution in [0.25, 0.3) is 16.8 Å². The zero-order valence-corrected chi connectivity index (χ0v) is 16.0. The third-order valence-corrected chi connectivity index (χ3v) is 5.53. The molecular weight excluding hydrogens is 362 g/mol. The normalized spacial score (nSPS) is 15.0. The quantitative estimate of drug-likeness (QED) is 0.540. The van der Waals surface area contributed by atoms with Gasteiger partial charge in [0.25, 0.3) is 5.91 Å². The molecule has 0 aliphatic carbocycles. The summed E-state index contributed by atoms with van der Waals surface area (Å²) in [5.74, 6) is 1.25. The lowest BCUT2D eigenvalue weighted by molar-refractivity contribution is 0.0711. The molecule has 0 N–H and O–H groups in total. The van der Waals surface area contributed by atoms with Gasteiger partial charge in [-0.1, -0.05) is 18.2 Å². The Morgan fingerprint density at radius 2 is 1.66 bits per heavy atom. The Bertz CT molecular complexity index is 1130. The molecule has 0 unspecified atom stereocenters. The molecule has 1 aliphatic rings. The number of nitrogens with zero attached hydrogens (tertiary/aromatic N) is 5. The third-order valence-electron chi connectivity index (χ3n) is 5.53. The SMILES string of the molecule is O=C(c1ccccc1)N1CCC(c2nc3ccc(-c4ccncc4)cn3n2)CC1. The van der Waals surface area contributed by atoms with Gasteiger partial charge in [0.05, 0.1) is 0 Å². The van der Waals surface area contributed by atoms with Crippen molar-refractivity contribution in [1.82, 2.24) is 24.5 Å². The Morgan fingerprint density at radius 1 is 0.897 bits per heavy atom. The van der Waals surface area contributed by atoms with Crippen LogP contribution in [0.4, 0.5) is 0 Å². The van der Waals surface area contributed by atoms with Crippen molar-refractivity contribution in [3.8, 4) is 11.1 Å². The van der Waals surface area contributed by atoms with E-state index in [9.17, 15) is 4.79 Å². The lowest BCUT2D eigenvalue weighted by atomic mass is 9.95. The van der Waals surface area contributed by atoms with Crippen molar-refractivity contribution in [1.29, 1.82) is 0 Å².